The zero-order chi connectivity index (χ0) is 15.9. The summed E-state index contributed by atoms with van der Waals surface area (Å²) in [4.78, 5) is 14.2. The summed E-state index contributed by atoms with van der Waals surface area (Å²) < 4.78 is 0. The first-order chi connectivity index (χ1) is 9.79. The molecule has 1 fully saturated rings. The van der Waals surface area contributed by atoms with Crippen LogP contribution in [0.3, 0.4) is 0 Å². The first-order valence-electron chi connectivity index (χ1n) is 8.56. The quantitative estimate of drug-likeness (QED) is 0.643. The van der Waals surface area contributed by atoms with E-state index in [9.17, 15) is 4.79 Å². The molecule has 1 amide bonds. The number of piperidine rings is 1. The minimum Gasteiger partial charge on any atom is -0.368 e. The van der Waals surface area contributed by atoms with Gasteiger partial charge in [0.15, 0.2) is 0 Å². The maximum atomic E-state index is 11.6. The van der Waals surface area contributed by atoms with Gasteiger partial charge in [0, 0.05) is 0 Å². The monoisotopic (exact) mass is 297 g/mol. The van der Waals surface area contributed by atoms with Crippen molar-refractivity contribution >= 4 is 5.91 Å². The minimum atomic E-state index is -0.542. The van der Waals surface area contributed by atoms with Crippen molar-refractivity contribution in [2.24, 2.45) is 11.1 Å². The topological polar surface area (TPSA) is 58.4 Å². The van der Waals surface area contributed by atoms with Gasteiger partial charge in [0.25, 0.3) is 0 Å². The van der Waals surface area contributed by atoms with Crippen LogP contribution in [0.1, 0.15) is 66.2 Å². The molecule has 1 saturated heterocycles. The largest absolute Gasteiger partial charge is 0.368 e. The molecule has 3 N–H and O–H groups in total. The number of unbranched alkanes of at least 4 members (excludes halogenated alkanes) is 1. The number of nitrogens with zero attached hydrogens (tertiary/aromatic N) is 1. The standard InChI is InChI=1S/C17H35N3O/c1-5-11-19-17(4,15(18)21)8-6-7-12-20-13-9-16(2,3)10-14-20/h19H,5-14H2,1-4H3,(H2,18,21). The highest BCUT2D eigenvalue weighted by Gasteiger charge is 2.29. The Morgan fingerprint density at radius 3 is 2.43 bits per heavy atom. The number of carbonyl (C=O) groups is 1. The molecular weight excluding hydrogens is 262 g/mol. The maximum Gasteiger partial charge on any atom is 0.237 e. The van der Waals surface area contributed by atoms with Gasteiger partial charge in [-0.15, -0.1) is 0 Å². The highest BCUT2D eigenvalue weighted by molar-refractivity contribution is 5.84. The fraction of sp³-hybridized carbons (Fsp3) is 0.941. The predicted molar refractivity (Wildman–Crippen MR) is 89.2 cm³/mol. The second-order valence-corrected chi connectivity index (χ2v) is 7.59. The second-order valence-electron chi connectivity index (χ2n) is 7.59. The van der Waals surface area contributed by atoms with Gasteiger partial charge in [0.05, 0.1) is 5.54 Å². The fourth-order valence-corrected chi connectivity index (χ4v) is 2.90. The first kappa shape index (κ1) is 18.4. The summed E-state index contributed by atoms with van der Waals surface area (Å²) in [6.07, 6.45) is 6.65. The Morgan fingerprint density at radius 1 is 1.29 bits per heavy atom. The molecule has 1 rings (SSSR count). The van der Waals surface area contributed by atoms with E-state index in [-0.39, 0.29) is 5.91 Å². The third kappa shape index (κ3) is 6.35. The van der Waals surface area contributed by atoms with Gasteiger partial charge < -0.3 is 16.0 Å². The summed E-state index contributed by atoms with van der Waals surface area (Å²) >= 11 is 0. The Kier molecular flexibility index (Phi) is 7.14. The highest BCUT2D eigenvalue weighted by atomic mass is 16.1. The van der Waals surface area contributed by atoms with Crippen molar-refractivity contribution in [3.05, 3.63) is 0 Å². The van der Waals surface area contributed by atoms with E-state index < -0.39 is 5.54 Å². The molecule has 0 aliphatic carbocycles. The number of nitrogens with two attached hydrogens (primary N) is 1. The van der Waals surface area contributed by atoms with Gasteiger partial charge in [0.1, 0.15) is 0 Å². The van der Waals surface area contributed by atoms with E-state index >= 15 is 0 Å². The lowest BCUT2D eigenvalue weighted by atomic mass is 9.82. The van der Waals surface area contributed by atoms with Gasteiger partial charge in [-0.1, -0.05) is 20.8 Å². The van der Waals surface area contributed by atoms with E-state index in [0.29, 0.717) is 5.41 Å². The van der Waals surface area contributed by atoms with Crippen molar-refractivity contribution in [3.63, 3.8) is 0 Å². The molecule has 1 aliphatic rings. The number of hydrogen-bond donors (Lipinski definition) is 2. The lowest BCUT2D eigenvalue weighted by Gasteiger charge is -2.37. The third-order valence-electron chi connectivity index (χ3n) is 4.92. The summed E-state index contributed by atoms with van der Waals surface area (Å²) in [5.41, 5.74) is 5.53. The normalized spacial score (nSPS) is 21.9. The van der Waals surface area contributed by atoms with Crippen LogP contribution in [-0.4, -0.2) is 42.5 Å². The van der Waals surface area contributed by atoms with E-state index in [1.807, 2.05) is 6.92 Å². The van der Waals surface area contributed by atoms with E-state index in [4.69, 9.17) is 5.73 Å². The van der Waals surface area contributed by atoms with Crippen LogP contribution < -0.4 is 11.1 Å². The summed E-state index contributed by atoms with van der Waals surface area (Å²) in [6, 6.07) is 0. The van der Waals surface area contributed by atoms with E-state index in [1.165, 1.54) is 25.9 Å². The molecular formula is C17H35N3O. The first-order valence-corrected chi connectivity index (χ1v) is 8.56. The zero-order valence-corrected chi connectivity index (χ0v) is 14.5. The summed E-state index contributed by atoms with van der Waals surface area (Å²) in [6.45, 7) is 13.2. The number of likely N-dealkylation sites (tertiary alicyclic amines) is 1. The van der Waals surface area contributed by atoms with Crippen LogP contribution in [0.25, 0.3) is 0 Å². The van der Waals surface area contributed by atoms with Crippen molar-refractivity contribution in [1.29, 1.82) is 0 Å². The fourth-order valence-electron chi connectivity index (χ4n) is 2.90. The van der Waals surface area contributed by atoms with Crippen LogP contribution in [-0.2, 0) is 4.79 Å². The van der Waals surface area contributed by atoms with Gasteiger partial charge in [0.2, 0.25) is 5.91 Å². The number of nitrogens with one attached hydrogen (secondary N) is 1. The van der Waals surface area contributed by atoms with Crippen molar-refractivity contribution < 1.29 is 4.79 Å². The van der Waals surface area contributed by atoms with Gasteiger partial charge in [-0.2, -0.15) is 0 Å². The Labute approximate surface area is 130 Å². The molecule has 4 nitrogen and oxygen atoms in total. The summed E-state index contributed by atoms with van der Waals surface area (Å²) in [5, 5.41) is 3.31. The summed E-state index contributed by atoms with van der Waals surface area (Å²) in [5.74, 6) is -0.226. The van der Waals surface area contributed by atoms with Gasteiger partial charge in [-0.3, -0.25) is 4.79 Å². The molecule has 21 heavy (non-hydrogen) atoms. The lowest BCUT2D eigenvalue weighted by molar-refractivity contribution is -0.124. The van der Waals surface area contributed by atoms with Crippen LogP contribution in [0.15, 0.2) is 0 Å². The molecule has 0 aromatic heterocycles. The number of rotatable bonds is 9. The SMILES string of the molecule is CCCNC(C)(CCCCN1CCC(C)(C)CC1)C(N)=O. The molecule has 0 aromatic carbocycles. The Balaban J connectivity index is 2.24. The van der Waals surface area contributed by atoms with Crippen molar-refractivity contribution in [3.8, 4) is 0 Å². The Morgan fingerprint density at radius 2 is 1.90 bits per heavy atom. The molecule has 0 radical (unpaired) electrons. The molecule has 0 bridgehead atoms. The average molecular weight is 297 g/mol. The second kappa shape index (κ2) is 8.14. The molecule has 0 saturated carbocycles. The van der Waals surface area contributed by atoms with Crippen LogP contribution in [0, 0.1) is 5.41 Å². The van der Waals surface area contributed by atoms with Crippen molar-refractivity contribution in [2.45, 2.75) is 71.8 Å². The summed E-state index contributed by atoms with van der Waals surface area (Å²) in [7, 11) is 0. The molecule has 1 heterocycles. The van der Waals surface area contributed by atoms with Crippen LogP contribution in [0.4, 0.5) is 0 Å². The maximum absolute atomic E-state index is 11.6. The van der Waals surface area contributed by atoms with Gasteiger partial charge in [-0.05, 0) is 77.0 Å². The molecule has 1 aliphatic heterocycles. The smallest absolute Gasteiger partial charge is 0.237 e. The van der Waals surface area contributed by atoms with Gasteiger partial charge >= 0.3 is 0 Å². The lowest BCUT2D eigenvalue weighted by Crippen LogP contribution is -2.53. The minimum absolute atomic E-state index is 0.226. The predicted octanol–water partition coefficient (Wildman–Crippen LogP) is 2.52. The van der Waals surface area contributed by atoms with Crippen LogP contribution in [0.2, 0.25) is 0 Å². The van der Waals surface area contributed by atoms with E-state index in [0.717, 1.165) is 38.8 Å². The Hall–Kier alpha value is -0.610. The third-order valence-corrected chi connectivity index (χ3v) is 4.92. The van der Waals surface area contributed by atoms with Crippen molar-refractivity contribution in [1.82, 2.24) is 10.2 Å². The number of amides is 1. The van der Waals surface area contributed by atoms with Crippen LogP contribution >= 0.6 is 0 Å². The average Bonchev–Trinajstić information content (AvgIpc) is 2.42. The van der Waals surface area contributed by atoms with Crippen molar-refractivity contribution in [2.75, 3.05) is 26.2 Å². The number of carbonyl (C=O) groups excluding carboxylic acids is 1. The molecule has 4 heteroatoms. The van der Waals surface area contributed by atoms with E-state index in [1.54, 1.807) is 0 Å². The molecule has 1 atom stereocenters. The molecule has 0 spiro atoms. The molecule has 0 aromatic rings. The molecule has 1 unspecified atom stereocenters. The highest BCUT2D eigenvalue weighted by Crippen LogP contribution is 2.29. The van der Waals surface area contributed by atoms with Crippen LogP contribution in [0.5, 0.6) is 0 Å². The molecule has 124 valence electrons. The van der Waals surface area contributed by atoms with E-state index in [2.05, 4.69) is 31.0 Å². The number of primary amides is 1. The van der Waals surface area contributed by atoms with Gasteiger partial charge in [-0.25, -0.2) is 0 Å². The Bertz CT molecular complexity index is 320. The number of hydrogen-bond acceptors (Lipinski definition) is 3. The zero-order valence-electron chi connectivity index (χ0n) is 14.5.